The molecule has 0 unspecified atom stereocenters. The van der Waals surface area contributed by atoms with Gasteiger partial charge in [-0.2, -0.15) is 5.10 Å². The molecule has 102 valence electrons. The summed E-state index contributed by atoms with van der Waals surface area (Å²) >= 11 is 0. The molecule has 0 bridgehead atoms. The van der Waals surface area contributed by atoms with E-state index in [0.717, 1.165) is 31.4 Å². The molecule has 0 aliphatic rings. The van der Waals surface area contributed by atoms with Crippen molar-refractivity contribution in [2.75, 3.05) is 0 Å². The van der Waals surface area contributed by atoms with Crippen LogP contribution in [0.25, 0.3) is 0 Å². The Balaban J connectivity index is 3.97. The lowest BCUT2D eigenvalue weighted by molar-refractivity contribution is 0.941. The fourth-order valence-corrected chi connectivity index (χ4v) is 1.41. The first-order valence-corrected chi connectivity index (χ1v) is 6.33. The Bertz CT molecular complexity index is 354. The van der Waals surface area contributed by atoms with E-state index in [9.17, 15) is 0 Å². The highest BCUT2D eigenvalue weighted by Crippen LogP contribution is 2.08. The van der Waals surface area contributed by atoms with Crippen LogP contribution in [0.4, 0.5) is 0 Å². The molecule has 0 heterocycles. The first-order chi connectivity index (χ1) is 8.41. The number of hydrogen-bond donors (Lipinski definition) is 2. The van der Waals surface area contributed by atoms with Crippen LogP contribution in [0, 0.1) is 0 Å². The molecule has 0 aromatic rings. The van der Waals surface area contributed by atoms with Crippen molar-refractivity contribution >= 4 is 11.7 Å². The molecule has 0 aromatic carbocycles. The van der Waals surface area contributed by atoms with E-state index >= 15 is 0 Å². The molecule has 0 amide bonds. The van der Waals surface area contributed by atoms with Gasteiger partial charge in [-0.1, -0.05) is 23.3 Å². The van der Waals surface area contributed by atoms with Crippen molar-refractivity contribution in [1.29, 1.82) is 0 Å². The van der Waals surface area contributed by atoms with Crippen LogP contribution in [0.15, 0.2) is 33.5 Å². The fourth-order valence-electron chi connectivity index (χ4n) is 1.41. The van der Waals surface area contributed by atoms with Crippen LogP contribution in [0.3, 0.4) is 0 Å². The van der Waals surface area contributed by atoms with Gasteiger partial charge in [-0.25, -0.2) is 0 Å². The molecule has 0 rings (SSSR count). The van der Waals surface area contributed by atoms with Gasteiger partial charge in [0.05, 0.1) is 0 Å². The Morgan fingerprint density at radius 2 is 1.50 bits per heavy atom. The first-order valence-electron chi connectivity index (χ1n) is 6.33. The van der Waals surface area contributed by atoms with E-state index < -0.39 is 0 Å². The molecule has 0 aliphatic carbocycles. The lowest BCUT2D eigenvalue weighted by Crippen LogP contribution is -2.22. The third-order valence-corrected chi connectivity index (χ3v) is 2.43. The van der Waals surface area contributed by atoms with Crippen molar-refractivity contribution in [3.05, 3.63) is 23.3 Å². The average molecular weight is 250 g/mol. The van der Waals surface area contributed by atoms with Crippen LogP contribution in [0.2, 0.25) is 0 Å². The van der Waals surface area contributed by atoms with E-state index in [4.69, 9.17) is 11.5 Å². The lowest BCUT2D eigenvalue weighted by atomic mass is 10.1. The van der Waals surface area contributed by atoms with Crippen molar-refractivity contribution in [2.45, 2.75) is 53.4 Å². The second kappa shape index (κ2) is 9.45. The van der Waals surface area contributed by atoms with Crippen molar-refractivity contribution < 1.29 is 0 Å². The topological polar surface area (TPSA) is 76.8 Å². The highest BCUT2D eigenvalue weighted by molar-refractivity contribution is 5.83. The van der Waals surface area contributed by atoms with E-state index in [-0.39, 0.29) is 5.96 Å². The summed E-state index contributed by atoms with van der Waals surface area (Å²) in [4.78, 5) is 0. The van der Waals surface area contributed by atoms with Gasteiger partial charge in [0.2, 0.25) is 5.96 Å². The molecule has 0 fully saturated rings. The standard InChI is InChI=1S/C14H26N4/c1-11(2)7-5-8-12(3)9-6-10-13(4)17-18-14(15)16/h7,9H,5-6,8,10H2,1-4H3,(H4,15,16,18)/b12-9-,17-13+. The number of rotatable bonds is 7. The predicted octanol–water partition coefficient (Wildman–Crippen LogP) is 3.11. The van der Waals surface area contributed by atoms with Crippen molar-refractivity contribution in [2.24, 2.45) is 21.7 Å². The summed E-state index contributed by atoms with van der Waals surface area (Å²) in [5.74, 6) is 0.00259. The zero-order valence-corrected chi connectivity index (χ0v) is 12.0. The zero-order chi connectivity index (χ0) is 14.0. The van der Waals surface area contributed by atoms with Gasteiger partial charge in [0.15, 0.2) is 0 Å². The minimum atomic E-state index is 0.00259. The van der Waals surface area contributed by atoms with Gasteiger partial charge in [-0.3, -0.25) is 0 Å². The summed E-state index contributed by atoms with van der Waals surface area (Å²) in [6, 6.07) is 0. The van der Waals surface area contributed by atoms with Crippen molar-refractivity contribution in [3.63, 3.8) is 0 Å². The van der Waals surface area contributed by atoms with E-state index in [2.05, 4.69) is 43.1 Å². The van der Waals surface area contributed by atoms with Gasteiger partial charge < -0.3 is 11.5 Å². The highest BCUT2D eigenvalue weighted by atomic mass is 15.3. The largest absolute Gasteiger partial charge is 0.369 e. The van der Waals surface area contributed by atoms with Crippen molar-refractivity contribution in [3.8, 4) is 0 Å². The quantitative estimate of drug-likeness (QED) is 0.315. The normalized spacial score (nSPS) is 12.2. The van der Waals surface area contributed by atoms with Crippen LogP contribution in [0.1, 0.15) is 53.4 Å². The Kier molecular flexibility index (Phi) is 8.62. The Labute approximate surface area is 111 Å². The minimum absolute atomic E-state index is 0.00259. The molecular formula is C14H26N4. The van der Waals surface area contributed by atoms with Gasteiger partial charge in [0, 0.05) is 5.71 Å². The maximum Gasteiger partial charge on any atom is 0.211 e. The molecule has 0 spiro atoms. The third-order valence-electron chi connectivity index (χ3n) is 2.43. The van der Waals surface area contributed by atoms with Crippen LogP contribution in [-0.4, -0.2) is 11.7 Å². The number of guanidine groups is 1. The molecule has 18 heavy (non-hydrogen) atoms. The molecule has 0 aromatic heterocycles. The Hall–Kier alpha value is -1.58. The molecule has 0 saturated heterocycles. The summed E-state index contributed by atoms with van der Waals surface area (Å²) in [5, 5.41) is 7.54. The molecule has 0 saturated carbocycles. The summed E-state index contributed by atoms with van der Waals surface area (Å²) in [5.41, 5.74) is 14.1. The van der Waals surface area contributed by atoms with Gasteiger partial charge in [0.1, 0.15) is 0 Å². The number of allylic oxidation sites excluding steroid dienone is 4. The average Bonchev–Trinajstić information content (AvgIpc) is 2.25. The molecule has 0 radical (unpaired) electrons. The zero-order valence-electron chi connectivity index (χ0n) is 12.0. The van der Waals surface area contributed by atoms with Crippen LogP contribution >= 0.6 is 0 Å². The molecule has 4 heteroatoms. The van der Waals surface area contributed by atoms with Gasteiger partial charge in [0.25, 0.3) is 0 Å². The smallest absolute Gasteiger partial charge is 0.211 e. The second-order valence-electron chi connectivity index (χ2n) is 4.77. The van der Waals surface area contributed by atoms with Crippen molar-refractivity contribution in [1.82, 2.24) is 0 Å². The predicted molar refractivity (Wildman–Crippen MR) is 80.6 cm³/mol. The first kappa shape index (κ1) is 16.4. The number of nitrogens with two attached hydrogens (primary N) is 2. The minimum Gasteiger partial charge on any atom is -0.369 e. The maximum absolute atomic E-state index is 5.20. The Morgan fingerprint density at radius 3 is 2.06 bits per heavy atom. The van der Waals surface area contributed by atoms with E-state index in [0.29, 0.717) is 0 Å². The molecule has 4 nitrogen and oxygen atoms in total. The van der Waals surface area contributed by atoms with Gasteiger partial charge >= 0.3 is 0 Å². The molecular weight excluding hydrogens is 224 g/mol. The van der Waals surface area contributed by atoms with E-state index in [1.165, 1.54) is 11.1 Å². The second-order valence-corrected chi connectivity index (χ2v) is 4.77. The van der Waals surface area contributed by atoms with Gasteiger partial charge in [-0.15, -0.1) is 5.10 Å². The van der Waals surface area contributed by atoms with E-state index in [1.54, 1.807) is 0 Å². The summed E-state index contributed by atoms with van der Waals surface area (Å²) < 4.78 is 0. The van der Waals surface area contributed by atoms with Crippen LogP contribution < -0.4 is 11.5 Å². The summed E-state index contributed by atoms with van der Waals surface area (Å²) in [7, 11) is 0. The molecule has 0 atom stereocenters. The lowest BCUT2D eigenvalue weighted by Gasteiger charge is -1.99. The Morgan fingerprint density at radius 1 is 0.889 bits per heavy atom. The SMILES string of the molecule is CC(C)=CCC/C(C)=C\CC/C(C)=N/N=C(N)N. The number of hydrogen-bond acceptors (Lipinski definition) is 2. The maximum atomic E-state index is 5.20. The summed E-state index contributed by atoms with van der Waals surface area (Å²) in [6.07, 6.45) is 8.63. The molecule has 0 aliphatic heterocycles. The fraction of sp³-hybridized carbons (Fsp3) is 0.571. The third kappa shape index (κ3) is 10.9. The number of nitrogens with zero attached hydrogens (tertiary/aromatic N) is 2. The highest BCUT2D eigenvalue weighted by Gasteiger charge is 1.92. The molecule has 4 N–H and O–H groups in total. The summed E-state index contributed by atoms with van der Waals surface area (Å²) in [6.45, 7) is 8.35. The monoisotopic (exact) mass is 250 g/mol. The van der Waals surface area contributed by atoms with E-state index in [1.807, 2.05) is 6.92 Å². The van der Waals surface area contributed by atoms with Gasteiger partial charge in [-0.05, 0) is 53.4 Å². The van der Waals surface area contributed by atoms with Crippen LogP contribution in [0.5, 0.6) is 0 Å². The van der Waals surface area contributed by atoms with Crippen LogP contribution in [-0.2, 0) is 0 Å².